The Kier molecular flexibility index (Phi) is 5.17. The summed E-state index contributed by atoms with van der Waals surface area (Å²) in [5, 5.41) is 0. The highest BCUT2D eigenvalue weighted by Gasteiger charge is 2.29. The van der Waals surface area contributed by atoms with Crippen LogP contribution in [-0.2, 0) is 4.79 Å². The summed E-state index contributed by atoms with van der Waals surface area (Å²) in [5.41, 5.74) is 6.33. The Morgan fingerprint density at radius 1 is 1.33 bits per heavy atom. The van der Waals surface area contributed by atoms with Crippen LogP contribution in [-0.4, -0.2) is 34.5 Å². The lowest BCUT2D eigenvalue weighted by atomic mass is 9.97. The number of piperidine rings is 1. The molecule has 114 valence electrons. The van der Waals surface area contributed by atoms with Gasteiger partial charge in [-0.25, -0.2) is 0 Å². The number of nitrogens with two attached hydrogens (primary N) is 1. The number of benzene rings is 1. The molecule has 2 N–H and O–H groups in total. The van der Waals surface area contributed by atoms with Gasteiger partial charge in [0, 0.05) is 12.1 Å². The zero-order chi connectivity index (χ0) is 15.4. The minimum Gasteiger partial charge on any atom is -0.483 e. The first-order valence-electron chi connectivity index (χ1n) is 7.33. The van der Waals surface area contributed by atoms with Crippen molar-refractivity contribution in [1.82, 2.24) is 4.90 Å². The zero-order valence-corrected chi connectivity index (χ0v) is 13.4. The van der Waals surface area contributed by atoms with Crippen molar-refractivity contribution < 1.29 is 9.53 Å². The minimum atomic E-state index is 0.0208. The van der Waals surface area contributed by atoms with Crippen molar-refractivity contribution in [2.45, 2.75) is 45.2 Å². The highest BCUT2D eigenvalue weighted by Crippen LogP contribution is 2.23. The van der Waals surface area contributed by atoms with Gasteiger partial charge in [-0.2, -0.15) is 0 Å². The third kappa shape index (κ3) is 3.73. The summed E-state index contributed by atoms with van der Waals surface area (Å²) in [7, 11) is 0. The van der Waals surface area contributed by atoms with Gasteiger partial charge in [0.05, 0.1) is 5.56 Å². The normalized spacial score (nSPS) is 21.9. The SMILES string of the molecule is CC1CCCC(C)N1C(=O)COc1ccccc1C(N)=S. The molecule has 0 spiro atoms. The number of para-hydroxylation sites is 1. The largest absolute Gasteiger partial charge is 0.483 e. The van der Waals surface area contributed by atoms with Crippen molar-refractivity contribution >= 4 is 23.1 Å². The van der Waals surface area contributed by atoms with Gasteiger partial charge in [0.2, 0.25) is 0 Å². The summed E-state index contributed by atoms with van der Waals surface area (Å²) < 4.78 is 5.65. The van der Waals surface area contributed by atoms with Crippen molar-refractivity contribution in [3.8, 4) is 5.75 Å². The molecule has 1 aliphatic heterocycles. The van der Waals surface area contributed by atoms with Gasteiger partial charge in [0.15, 0.2) is 6.61 Å². The molecule has 0 radical (unpaired) electrons. The van der Waals surface area contributed by atoms with E-state index in [0.717, 1.165) is 12.8 Å². The van der Waals surface area contributed by atoms with Crippen molar-refractivity contribution in [3.05, 3.63) is 29.8 Å². The molecule has 0 saturated carbocycles. The number of hydrogen-bond donors (Lipinski definition) is 1. The highest BCUT2D eigenvalue weighted by atomic mass is 32.1. The molecule has 1 heterocycles. The van der Waals surface area contributed by atoms with Gasteiger partial charge in [-0.05, 0) is 45.2 Å². The molecule has 4 nitrogen and oxygen atoms in total. The van der Waals surface area contributed by atoms with Crippen LogP contribution in [0.4, 0.5) is 0 Å². The first-order valence-corrected chi connectivity index (χ1v) is 7.74. The van der Waals surface area contributed by atoms with E-state index in [2.05, 4.69) is 13.8 Å². The molecule has 0 aliphatic carbocycles. The number of carbonyl (C=O) groups is 1. The van der Waals surface area contributed by atoms with E-state index in [4.69, 9.17) is 22.7 Å². The van der Waals surface area contributed by atoms with Gasteiger partial charge in [-0.1, -0.05) is 24.4 Å². The summed E-state index contributed by atoms with van der Waals surface area (Å²) in [5.74, 6) is 0.586. The second-order valence-electron chi connectivity index (χ2n) is 5.58. The van der Waals surface area contributed by atoms with Crippen LogP contribution in [0.1, 0.15) is 38.7 Å². The number of amides is 1. The average Bonchev–Trinajstić information content (AvgIpc) is 2.45. The number of carbonyl (C=O) groups excluding carboxylic acids is 1. The maximum atomic E-state index is 12.4. The third-order valence-electron chi connectivity index (χ3n) is 3.99. The monoisotopic (exact) mass is 306 g/mol. The number of likely N-dealkylation sites (tertiary alicyclic amines) is 1. The van der Waals surface area contributed by atoms with E-state index in [0.29, 0.717) is 11.3 Å². The topological polar surface area (TPSA) is 55.6 Å². The van der Waals surface area contributed by atoms with Crippen molar-refractivity contribution in [2.75, 3.05) is 6.61 Å². The predicted molar refractivity (Wildman–Crippen MR) is 87.4 cm³/mol. The van der Waals surface area contributed by atoms with Gasteiger partial charge >= 0.3 is 0 Å². The van der Waals surface area contributed by atoms with Gasteiger partial charge in [-0.3, -0.25) is 4.79 Å². The van der Waals surface area contributed by atoms with E-state index in [-0.39, 0.29) is 29.6 Å². The van der Waals surface area contributed by atoms with Crippen molar-refractivity contribution in [1.29, 1.82) is 0 Å². The fourth-order valence-corrected chi connectivity index (χ4v) is 3.09. The average molecular weight is 306 g/mol. The molecular formula is C16H22N2O2S. The van der Waals surface area contributed by atoms with Gasteiger partial charge in [-0.15, -0.1) is 0 Å². The maximum Gasteiger partial charge on any atom is 0.260 e. The van der Waals surface area contributed by atoms with Crippen LogP contribution in [0.2, 0.25) is 0 Å². The molecule has 1 aromatic rings. The van der Waals surface area contributed by atoms with Crippen LogP contribution in [0.5, 0.6) is 5.75 Å². The van der Waals surface area contributed by atoms with E-state index in [1.807, 2.05) is 17.0 Å². The van der Waals surface area contributed by atoms with E-state index < -0.39 is 0 Å². The summed E-state index contributed by atoms with van der Waals surface area (Å²) in [6.07, 6.45) is 3.29. The minimum absolute atomic E-state index is 0.0208. The van der Waals surface area contributed by atoms with Crippen LogP contribution in [0, 0.1) is 0 Å². The predicted octanol–water partition coefficient (Wildman–Crippen LogP) is 2.49. The Hall–Kier alpha value is -1.62. The van der Waals surface area contributed by atoms with Crippen LogP contribution in [0.25, 0.3) is 0 Å². The molecule has 2 rings (SSSR count). The fraction of sp³-hybridized carbons (Fsp3) is 0.500. The molecule has 2 unspecified atom stereocenters. The first kappa shape index (κ1) is 15.8. The Morgan fingerprint density at radius 3 is 2.57 bits per heavy atom. The van der Waals surface area contributed by atoms with Gasteiger partial charge < -0.3 is 15.4 Å². The molecule has 1 aromatic carbocycles. The highest BCUT2D eigenvalue weighted by molar-refractivity contribution is 7.80. The number of rotatable bonds is 4. The van der Waals surface area contributed by atoms with Crippen LogP contribution >= 0.6 is 12.2 Å². The molecule has 1 saturated heterocycles. The van der Waals surface area contributed by atoms with E-state index in [9.17, 15) is 4.79 Å². The summed E-state index contributed by atoms with van der Waals surface area (Å²) >= 11 is 4.99. The van der Waals surface area contributed by atoms with E-state index >= 15 is 0 Å². The molecule has 1 fully saturated rings. The Morgan fingerprint density at radius 2 is 1.95 bits per heavy atom. The first-order chi connectivity index (χ1) is 10.0. The molecular weight excluding hydrogens is 284 g/mol. The van der Waals surface area contributed by atoms with Gasteiger partial charge in [0.25, 0.3) is 5.91 Å². The molecule has 21 heavy (non-hydrogen) atoms. The molecule has 5 heteroatoms. The smallest absolute Gasteiger partial charge is 0.260 e. The summed E-state index contributed by atoms with van der Waals surface area (Å²) in [6.45, 7) is 4.21. The zero-order valence-electron chi connectivity index (χ0n) is 12.5. The molecule has 0 aromatic heterocycles. The number of thiocarbonyl (C=S) groups is 1. The molecule has 1 amide bonds. The lowest BCUT2D eigenvalue weighted by Crippen LogP contribution is -2.49. The van der Waals surface area contributed by atoms with Gasteiger partial charge in [0.1, 0.15) is 10.7 Å². The maximum absolute atomic E-state index is 12.4. The lowest BCUT2D eigenvalue weighted by Gasteiger charge is -2.39. The Labute approximate surface area is 131 Å². The lowest BCUT2D eigenvalue weighted by molar-refractivity contribution is -0.139. The summed E-state index contributed by atoms with van der Waals surface area (Å²) in [4.78, 5) is 14.6. The van der Waals surface area contributed by atoms with Crippen LogP contribution in [0.3, 0.4) is 0 Å². The van der Waals surface area contributed by atoms with Crippen LogP contribution < -0.4 is 10.5 Å². The number of hydrogen-bond acceptors (Lipinski definition) is 3. The molecule has 1 aliphatic rings. The van der Waals surface area contributed by atoms with Crippen molar-refractivity contribution in [3.63, 3.8) is 0 Å². The number of ether oxygens (including phenoxy) is 1. The third-order valence-corrected chi connectivity index (χ3v) is 4.21. The second-order valence-corrected chi connectivity index (χ2v) is 6.02. The van der Waals surface area contributed by atoms with E-state index in [1.54, 1.807) is 12.1 Å². The summed E-state index contributed by atoms with van der Waals surface area (Å²) in [6, 6.07) is 7.82. The molecule has 2 atom stereocenters. The van der Waals surface area contributed by atoms with E-state index in [1.165, 1.54) is 6.42 Å². The molecule has 0 bridgehead atoms. The fourth-order valence-electron chi connectivity index (χ4n) is 2.92. The number of nitrogens with zero attached hydrogens (tertiary/aromatic N) is 1. The van der Waals surface area contributed by atoms with Crippen molar-refractivity contribution in [2.24, 2.45) is 5.73 Å². The quantitative estimate of drug-likeness (QED) is 0.868. The second kappa shape index (κ2) is 6.89. The van der Waals surface area contributed by atoms with Crippen LogP contribution in [0.15, 0.2) is 24.3 Å². The Bertz CT molecular complexity index is 523. The Balaban J connectivity index is 2.02. The standard InChI is InChI=1S/C16H22N2O2S/c1-11-6-5-7-12(2)18(11)15(19)10-20-14-9-4-3-8-13(14)16(17)21/h3-4,8-9,11-12H,5-7,10H2,1-2H3,(H2,17,21).